The van der Waals surface area contributed by atoms with Crippen LogP contribution in [0, 0.1) is 0 Å². The summed E-state index contributed by atoms with van der Waals surface area (Å²) in [6, 6.07) is 3.98. The molecule has 3 nitrogen and oxygen atoms in total. The van der Waals surface area contributed by atoms with Crippen LogP contribution in [-0.2, 0) is 0 Å². The van der Waals surface area contributed by atoms with Gasteiger partial charge < -0.3 is 4.42 Å². The molecule has 3 aromatic rings. The van der Waals surface area contributed by atoms with Crippen LogP contribution in [0.3, 0.4) is 0 Å². The smallest absolute Gasteiger partial charge is 0.137 e. The second-order valence-corrected chi connectivity index (χ2v) is 6.72. The van der Waals surface area contributed by atoms with Crippen LogP contribution in [0.25, 0.3) is 52.0 Å². The lowest BCUT2D eigenvalue weighted by Gasteiger charge is -2.09. The predicted molar refractivity (Wildman–Crippen MR) is 144 cm³/mol. The number of hydrogen-bond donors (Lipinski definition) is 0. The fraction of sp³-hybridized carbons (Fsp3) is 0. The number of allylic oxidation sites excluding steroid dienone is 7. The van der Waals surface area contributed by atoms with Crippen LogP contribution >= 0.6 is 0 Å². The quantitative estimate of drug-likeness (QED) is 0.240. The Morgan fingerprint density at radius 3 is 2.19 bits per heavy atom. The van der Waals surface area contributed by atoms with Gasteiger partial charge in [0.25, 0.3) is 0 Å². The van der Waals surface area contributed by atoms with Crippen LogP contribution in [-0.4, -0.2) is 10.8 Å². The van der Waals surface area contributed by atoms with E-state index in [1.165, 1.54) is 0 Å². The lowest BCUT2D eigenvalue weighted by molar-refractivity contribution is 0.603. The van der Waals surface area contributed by atoms with Crippen molar-refractivity contribution >= 4 is 58.2 Å². The van der Waals surface area contributed by atoms with Gasteiger partial charge in [0.2, 0.25) is 0 Å². The van der Waals surface area contributed by atoms with Gasteiger partial charge in [0.15, 0.2) is 0 Å². The molecule has 0 atom stereocenters. The number of furan rings is 1. The largest absolute Gasteiger partial charge is 0.456 e. The highest BCUT2D eigenvalue weighted by Gasteiger charge is 2.22. The number of hydrogen-bond acceptors (Lipinski definition) is 2. The van der Waals surface area contributed by atoms with Gasteiger partial charge in [0, 0.05) is 28.1 Å². The second kappa shape index (κ2) is 10.1. The van der Waals surface area contributed by atoms with E-state index in [-0.39, 0.29) is 0 Å². The Kier molecular flexibility index (Phi) is 7.04. The molecule has 3 rings (SSSR count). The highest BCUT2D eigenvalue weighted by Crippen LogP contribution is 2.40. The molecule has 0 radical (unpaired) electrons. The minimum absolute atomic E-state index is 0.688. The lowest BCUT2D eigenvalue weighted by Crippen LogP contribution is -1.98. The molecule has 0 fully saturated rings. The summed E-state index contributed by atoms with van der Waals surface area (Å²) >= 11 is 0. The van der Waals surface area contributed by atoms with Crippen LogP contribution in [0.2, 0.25) is 0 Å². The third-order valence-corrected chi connectivity index (χ3v) is 4.92. The summed E-state index contributed by atoms with van der Waals surface area (Å²) in [7, 11) is 0. The minimum atomic E-state index is 0.688. The van der Waals surface area contributed by atoms with Crippen molar-refractivity contribution in [1.82, 2.24) is 4.57 Å². The van der Waals surface area contributed by atoms with Gasteiger partial charge in [-0.2, -0.15) is 0 Å². The van der Waals surface area contributed by atoms with Gasteiger partial charge in [0.05, 0.1) is 11.2 Å². The van der Waals surface area contributed by atoms with Crippen molar-refractivity contribution in [3.63, 3.8) is 0 Å². The van der Waals surface area contributed by atoms with Gasteiger partial charge in [0.1, 0.15) is 17.2 Å². The molecule has 1 aromatic carbocycles. The Morgan fingerprint density at radius 1 is 0.812 bits per heavy atom. The molecule has 0 unspecified atom stereocenters. The minimum Gasteiger partial charge on any atom is -0.456 e. The fourth-order valence-electron chi connectivity index (χ4n) is 3.73. The number of nitrogens with zero attached hydrogens (tertiary/aromatic N) is 2. The number of aromatic nitrogens is 1. The molecule has 0 amide bonds. The van der Waals surface area contributed by atoms with E-state index in [2.05, 4.69) is 44.5 Å². The number of rotatable bonds is 10. The van der Waals surface area contributed by atoms with Crippen LogP contribution in [0.1, 0.15) is 22.6 Å². The van der Waals surface area contributed by atoms with Crippen molar-refractivity contribution < 1.29 is 4.42 Å². The second-order valence-electron chi connectivity index (χ2n) is 6.72. The molecule has 0 aliphatic rings. The number of benzene rings is 1. The van der Waals surface area contributed by atoms with Gasteiger partial charge in [-0.1, -0.05) is 88.1 Å². The molecule has 3 heteroatoms. The molecular weight excluding hydrogens is 392 g/mol. The zero-order valence-corrected chi connectivity index (χ0v) is 18.1. The van der Waals surface area contributed by atoms with E-state index in [0.29, 0.717) is 5.82 Å². The first-order chi connectivity index (χ1) is 15.7. The normalized spacial score (nSPS) is 12.3. The van der Waals surface area contributed by atoms with E-state index in [0.717, 1.165) is 44.5 Å². The zero-order chi connectivity index (χ0) is 23.1. The standard InChI is InChI=1S/C29H26N2O/c1-7-13-16-22-23(12-6)31(27(15-9-3)30-20-10-4)24-18-19-26-29(28(22)24)21(11-5)25(32-26)17-14-8-2/h7-20H,1-6H2/b16-13-,17-14-,27-15+,30-20-. The van der Waals surface area contributed by atoms with E-state index in [4.69, 9.17) is 4.42 Å². The molecule has 2 heterocycles. The van der Waals surface area contributed by atoms with Crippen molar-refractivity contribution in [3.05, 3.63) is 117 Å². The highest BCUT2D eigenvalue weighted by molar-refractivity contribution is 6.15. The summed E-state index contributed by atoms with van der Waals surface area (Å²) in [6.45, 7) is 23.3. The molecule has 32 heavy (non-hydrogen) atoms. The molecule has 0 aliphatic carbocycles. The van der Waals surface area contributed by atoms with Gasteiger partial charge in [-0.05, 0) is 30.4 Å². The monoisotopic (exact) mass is 418 g/mol. The van der Waals surface area contributed by atoms with Crippen LogP contribution in [0.15, 0.2) is 104 Å². The summed E-state index contributed by atoms with van der Waals surface area (Å²) < 4.78 is 8.20. The van der Waals surface area contributed by atoms with E-state index in [1.54, 1.807) is 30.5 Å². The fourth-order valence-corrected chi connectivity index (χ4v) is 3.73. The summed E-state index contributed by atoms with van der Waals surface area (Å²) in [5.74, 6) is 1.41. The highest BCUT2D eigenvalue weighted by atomic mass is 16.3. The van der Waals surface area contributed by atoms with Crippen molar-refractivity contribution in [2.45, 2.75) is 0 Å². The third kappa shape index (κ3) is 3.84. The van der Waals surface area contributed by atoms with Gasteiger partial charge in [-0.25, -0.2) is 4.99 Å². The maximum Gasteiger partial charge on any atom is 0.137 e. The van der Waals surface area contributed by atoms with E-state index in [9.17, 15) is 0 Å². The lowest BCUT2D eigenvalue weighted by atomic mass is 10.0. The van der Waals surface area contributed by atoms with E-state index < -0.39 is 0 Å². The molecular formula is C29H26N2O. The molecule has 158 valence electrons. The Hall–Kier alpha value is -4.37. The molecule has 2 aromatic heterocycles. The first-order valence-electron chi connectivity index (χ1n) is 10.1. The predicted octanol–water partition coefficient (Wildman–Crippen LogP) is 8.31. The van der Waals surface area contributed by atoms with E-state index in [1.807, 2.05) is 59.2 Å². The van der Waals surface area contributed by atoms with Gasteiger partial charge >= 0.3 is 0 Å². The average molecular weight is 419 g/mol. The number of fused-ring (bicyclic) bond motifs is 3. The molecule has 0 saturated heterocycles. The molecule has 0 aliphatic heterocycles. The van der Waals surface area contributed by atoms with Crippen LogP contribution in [0.5, 0.6) is 0 Å². The van der Waals surface area contributed by atoms with Crippen molar-refractivity contribution in [1.29, 1.82) is 0 Å². The van der Waals surface area contributed by atoms with Crippen molar-refractivity contribution in [2.75, 3.05) is 0 Å². The maximum absolute atomic E-state index is 6.16. The molecule has 0 bridgehead atoms. The molecule has 0 spiro atoms. The van der Waals surface area contributed by atoms with Gasteiger partial charge in [-0.15, -0.1) is 0 Å². The topological polar surface area (TPSA) is 30.4 Å². The SMILES string of the molecule is C=C/C=C\c1oc2ccc3c(c(/C=C\C=C)c(C=C)n3C(=C/C=C)/N=C\C=C)c2c1C=C. The third-order valence-electron chi connectivity index (χ3n) is 4.92. The Morgan fingerprint density at radius 2 is 1.56 bits per heavy atom. The summed E-state index contributed by atoms with van der Waals surface area (Å²) in [5, 5.41) is 1.98. The molecule has 0 N–H and O–H groups in total. The summed E-state index contributed by atoms with van der Waals surface area (Å²) in [5.41, 5.74) is 4.50. The Labute approximate surface area is 189 Å². The van der Waals surface area contributed by atoms with Gasteiger partial charge in [-0.3, -0.25) is 4.57 Å². The van der Waals surface area contributed by atoms with Crippen molar-refractivity contribution in [3.8, 4) is 0 Å². The van der Waals surface area contributed by atoms with E-state index >= 15 is 0 Å². The number of aliphatic imine (C=N–C) groups is 1. The Balaban J connectivity index is 2.60. The zero-order valence-electron chi connectivity index (χ0n) is 18.1. The van der Waals surface area contributed by atoms with Crippen LogP contribution < -0.4 is 0 Å². The Bertz CT molecular complexity index is 1360. The first-order valence-corrected chi connectivity index (χ1v) is 10.1. The van der Waals surface area contributed by atoms with Crippen LogP contribution in [0.4, 0.5) is 0 Å². The maximum atomic E-state index is 6.16. The first kappa shape index (κ1) is 22.3. The summed E-state index contributed by atoms with van der Waals surface area (Å²) in [6.07, 6.45) is 21.6. The molecule has 0 saturated carbocycles. The van der Waals surface area contributed by atoms with Crippen molar-refractivity contribution in [2.24, 2.45) is 4.99 Å². The summed E-state index contributed by atoms with van der Waals surface area (Å²) in [4.78, 5) is 4.57. The average Bonchev–Trinajstić information content (AvgIpc) is 3.33.